The van der Waals surface area contributed by atoms with Crippen LogP contribution in [0.25, 0.3) is 0 Å². The van der Waals surface area contributed by atoms with Gasteiger partial charge in [0.25, 0.3) is 0 Å². The Morgan fingerprint density at radius 3 is 3.10 bits per heavy atom. The van der Waals surface area contributed by atoms with Crippen LogP contribution in [0.5, 0.6) is 5.75 Å². The Bertz CT molecular complexity index is 591. The zero-order valence-electron chi connectivity index (χ0n) is 11.8. The topological polar surface area (TPSA) is 50.1 Å². The zero-order valence-corrected chi connectivity index (χ0v) is 11.8. The number of phenols is 1. The van der Waals surface area contributed by atoms with Crippen LogP contribution >= 0.6 is 0 Å². The molecule has 1 heterocycles. The van der Waals surface area contributed by atoms with E-state index in [0.717, 1.165) is 31.5 Å². The third kappa shape index (κ3) is 2.85. The van der Waals surface area contributed by atoms with Crippen molar-refractivity contribution in [1.29, 1.82) is 0 Å². The summed E-state index contributed by atoms with van der Waals surface area (Å²) in [5.41, 5.74) is 3.74. The van der Waals surface area contributed by atoms with Crippen molar-refractivity contribution in [1.82, 2.24) is 15.1 Å². The predicted molar refractivity (Wildman–Crippen MR) is 78.7 cm³/mol. The Balaban J connectivity index is 1.63. The highest BCUT2D eigenvalue weighted by Crippen LogP contribution is 2.31. The van der Waals surface area contributed by atoms with Gasteiger partial charge in [0, 0.05) is 32.3 Å². The number of hydrogen-bond donors (Lipinski definition) is 2. The maximum atomic E-state index is 9.67. The number of phenolic OH excluding ortho intramolecular Hbond substituents is 1. The van der Waals surface area contributed by atoms with Gasteiger partial charge in [0.15, 0.2) is 0 Å². The Labute approximate surface area is 119 Å². The van der Waals surface area contributed by atoms with Gasteiger partial charge in [-0.3, -0.25) is 4.68 Å². The van der Waals surface area contributed by atoms with Crippen LogP contribution in [-0.2, 0) is 19.9 Å². The number of nitrogens with zero attached hydrogens (tertiary/aromatic N) is 2. The first kappa shape index (κ1) is 13.2. The summed E-state index contributed by atoms with van der Waals surface area (Å²) < 4.78 is 1.84. The van der Waals surface area contributed by atoms with Crippen LogP contribution in [0.1, 0.15) is 35.7 Å². The molecule has 20 heavy (non-hydrogen) atoms. The lowest BCUT2D eigenvalue weighted by Crippen LogP contribution is -2.27. The van der Waals surface area contributed by atoms with E-state index in [1.54, 1.807) is 6.07 Å². The summed E-state index contributed by atoms with van der Waals surface area (Å²) in [6.07, 6.45) is 6.38. The molecule has 0 aliphatic heterocycles. The van der Waals surface area contributed by atoms with Gasteiger partial charge in [0.05, 0.1) is 5.69 Å². The van der Waals surface area contributed by atoms with Crippen molar-refractivity contribution in [2.75, 3.05) is 6.54 Å². The van der Waals surface area contributed by atoms with Gasteiger partial charge in [-0.1, -0.05) is 6.07 Å². The summed E-state index contributed by atoms with van der Waals surface area (Å²) in [5.74, 6) is 0.363. The van der Waals surface area contributed by atoms with Crippen LogP contribution in [0.15, 0.2) is 30.5 Å². The Morgan fingerprint density at radius 2 is 2.30 bits per heavy atom. The van der Waals surface area contributed by atoms with E-state index in [1.807, 2.05) is 24.0 Å². The normalized spacial score (nSPS) is 17.9. The van der Waals surface area contributed by atoms with Crippen LogP contribution in [0.3, 0.4) is 0 Å². The Kier molecular flexibility index (Phi) is 3.74. The SMILES string of the molecule is Cn1ccc(CCNC2CCCc3ccc(O)cc32)n1. The van der Waals surface area contributed by atoms with E-state index in [4.69, 9.17) is 0 Å². The van der Waals surface area contributed by atoms with Crippen LogP contribution in [-0.4, -0.2) is 21.4 Å². The molecule has 2 aromatic rings. The molecule has 0 amide bonds. The van der Waals surface area contributed by atoms with Gasteiger partial charge in [-0.25, -0.2) is 0 Å². The molecule has 1 atom stereocenters. The maximum Gasteiger partial charge on any atom is 0.115 e. The van der Waals surface area contributed by atoms with Gasteiger partial charge in [0.1, 0.15) is 5.75 Å². The Hall–Kier alpha value is -1.81. The number of aromatic nitrogens is 2. The van der Waals surface area contributed by atoms with Crippen molar-refractivity contribution < 1.29 is 5.11 Å². The predicted octanol–water partition coefficient (Wildman–Crippen LogP) is 2.34. The molecule has 3 rings (SSSR count). The van der Waals surface area contributed by atoms with Gasteiger partial charge in [0.2, 0.25) is 0 Å². The number of hydrogen-bond acceptors (Lipinski definition) is 3. The summed E-state index contributed by atoms with van der Waals surface area (Å²) in [4.78, 5) is 0. The van der Waals surface area contributed by atoms with E-state index in [2.05, 4.69) is 22.5 Å². The number of aryl methyl sites for hydroxylation is 2. The van der Waals surface area contributed by atoms with E-state index in [1.165, 1.54) is 17.5 Å². The molecule has 1 unspecified atom stereocenters. The largest absolute Gasteiger partial charge is 0.508 e. The highest BCUT2D eigenvalue weighted by molar-refractivity contribution is 5.38. The van der Waals surface area contributed by atoms with E-state index < -0.39 is 0 Å². The molecular formula is C16H21N3O. The molecule has 1 aromatic carbocycles. The van der Waals surface area contributed by atoms with E-state index in [-0.39, 0.29) is 0 Å². The maximum absolute atomic E-state index is 9.67. The van der Waals surface area contributed by atoms with Gasteiger partial charge in [-0.2, -0.15) is 5.10 Å². The first-order chi connectivity index (χ1) is 9.72. The standard InChI is InChI=1S/C16H21N3O/c1-19-10-8-13(18-19)7-9-17-16-4-2-3-12-5-6-14(20)11-15(12)16/h5-6,8,10-11,16-17,20H,2-4,7,9H2,1H3. The van der Waals surface area contributed by atoms with E-state index in [9.17, 15) is 5.11 Å². The summed E-state index contributed by atoms with van der Waals surface area (Å²) in [7, 11) is 1.94. The summed E-state index contributed by atoms with van der Waals surface area (Å²) >= 11 is 0. The third-order valence-electron chi connectivity index (χ3n) is 3.98. The first-order valence-corrected chi connectivity index (χ1v) is 7.26. The van der Waals surface area contributed by atoms with E-state index >= 15 is 0 Å². The van der Waals surface area contributed by atoms with E-state index in [0.29, 0.717) is 11.8 Å². The number of fused-ring (bicyclic) bond motifs is 1. The molecule has 4 heteroatoms. The minimum absolute atomic E-state index is 0.356. The fourth-order valence-corrected chi connectivity index (χ4v) is 2.97. The second-order valence-electron chi connectivity index (χ2n) is 5.51. The van der Waals surface area contributed by atoms with Gasteiger partial charge in [-0.15, -0.1) is 0 Å². The molecule has 0 radical (unpaired) electrons. The molecule has 0 saturated carbocycles. The van der Waals surface area contributed by atoms with Crippen LogP contribution in [0.4, 0.5) is 0 Å². The molecule has 4 nitrogen and oxygen atoms in total. The molecule has 2 N–H and O–H groups in total. The molecule has 0 fully saturated rings. The van der Waals surface area contributed by atoms with Gasteiger partial charge >= 0.3 is 0 Å². The zero-order chi connectivity index (χ0) is 13.9. The number of rotatable bonds is 4. The van der Waals surface area contributed by atoms with Crippen molar-refractivity contribution in [3.8, 4) is 5.75 Å². The lowest BCUT2D eigenvalue weighted by atomic mass is 9.87. The third-order valence-corrected chi connectivity index (χ3v) is 3.98. The lowest BCUT2D eigenvalue weighted by Gasteiger charge is -2.26. The molecule has 1 aliphatic rings. The number of benzene rings is 1. The molecule has 0 spiro atoms. The van der Waals surface area contributed by atoms with Crippen molar-refractivity contribution in [2.45, 2.75) is 31.7 Å². The second kappa shape index (κ2) is 5.67. The molecular weight excluding hydrogens is 250 g/mol. The summed E-state index contributed by atoms with van der Waals surface area (Å²) in [5, 5.41) is 17.7. The molecule has 0 saturated heterocycles. The molecule has 0 bridgehead atoms. The highest BCUT2D eigenvalue weighted by atomic mass is 16.3. The first-order valence-electron chi connectivity index (χ1n) is 7.26. The minimum atomic E-state index is 0.356. The number of aromatic hydroxyl groups is 1. The monoisotopic (exact) mass is 271 g/mol. The summed E-state index contributed by atoms with van der Waals surface area (Å²) in [6.45, 7) is 0.913. The molecule has 1 aromatic heterocycles. The van der Waals surface area contributed by atoms with Crippen molar-refractivity contribution in [3.63, 3.8) is 0 Å². The van der Waals surface area contributed by atoms with Crippen molar-refractivity contribution in [2.24, 2.45) is 7.05 Å². The van der Waals surface area contributed by atoms with Gasteiger partial charge in [-0.05, 0) is 48.6 Å². The van der Waals surface area contributed by atoms with Crippen LogP contribution < -0.4 is 5.32 Å². The fourth-order valence-electron chi connectivity index (χ4n) is 2.97. The average Bonchev–Trinajstić information content (AvgIpc) is 2.85. The van der Waals surface area contributed by atoms with Crippen LogP contribution in [0, 0.1) is 0 Å². The van der Waals surface area contributed by atoms with Crippen LogP contribution in [0.2, 0.25) is 0 Å². The highest BCUT2D eigenvalue weighted by Gasteiger charge is 2.19. The molecule has 1 aliphatic carbocycles. The summed E-state index contributed by atoms with van der Waals surface area (Å²) in [6, 6.07) is 8.16. The van der Waals surface area contributed by atoms with Gasteiger partial charge < -0.3 is 10.4 Å². The smallest absolute Gasteiger partial charge is 0.115 e. The average molecular weight is 271 g/mol. The molecule has 106 valence electrons. The number of nitrogens with one attached hydrogen (secondary N) is 1. The fraction of sp³-hybridized carbons (Fsp3) is 0.438. The minimum Gasteiger partial charge on any atom is -0.508 e. The Morgan fingerprint density at radius 1 is 1.40 bits per heavy atom. The van der Waals surface area contributed by atoms with Crippen molar-refractivity contribution in [3.05, 3.63) is 47.3 Å². The van der Waals surface area contributed by atoms with Crippen molar-refractivity contribution >= 4 is 0 Å². The quantitative estimate of drug-likeness (QED) is 0.897. The second-order valence-corrected chi connectivity index (χ2v) is 5.51. The lowest BCUT2D eigenvalue weighted by molar-refractivity contribution is 0.447.